The summed E-state index contributed by atoms with van der Waals surface area (Å²) in [5, 5.41) is 0. The van der Waals surface area contributed by atoms with Gasteiger partial charge >= 0.3 is 0 Å². The molecule has 0 saturated carbocycles. The van der Waals surface area contributed by atoms with E-state index in [2.05, 4.69) is 4.98 Å². The van der Waals surface area contributed by atoms with Crippen molar-refractivity contribution in [3.63, 3.8) is 0 Å². The minimum absolute atomic E-state index is 0.0526. The molecule has 2 aromatic rings. The molecule has 0 unspecified atom stereocenters. The molecule has 2 rings (SSSR count). The Hall–Kier alpha value is -2.35. The van der Waals surface area contributed by atoms with Gasteiger partial charge in [-0.2, -0.15) is 0 Å². The Bertz CT molecular complexity index is 852. The highest BCUT2D eigenvalue weighted by Crippen LogP contribution is 2.16. The molecule has 0 fully saturated rings. The van der Waals surface area contributed by atoms with Crippen LogP contribution in [0, 0.1) is 0 Å². The van der Waals surface area contributed by atoms with Crippen molar-refractivity contribution in [1.82, 2.24) is 9.88 Å². The molecule has 1 atom stereocenters. The molecule has 2 aromatic heterocycles. The average molecular weight is 338 g/mol. The number of aromatic amines is 1. The second kappa shape index (κ2) is 6.41. The number of nitrogens with one attached hydrogen (secondary N) is 1. The van der Waals surface area contributed by atoms with Crippen LogP contribution in [0.25, 0.3) is 11.5 Å². The van der Waals surface area contributed by atoms with E-state index in [1.165, 1.54) is 24.3 Å². The van der Waals surface area contributed by atoms with Crippen molar-refractivity contribution in [3.05, 3.63) is 46.4 Å². The van der Waals surface area contributed by atoms with Crippen molar-refractivity contribution in [3.8, 4) is 11.5 Å². The number of aromatic nitrogens is 1. The lowest BCUT2D eigenvalue weighted by atomic mass is 10.2. The van der Waals surface area contributed by atoms with E-state index in [9.17, 15) is 18.0 Å². The summed E-state index contributed by atoms with van der Waals surface area (Å²) in [4.78, 5) is 28.3. The summed E-state index contributed by atoms with van der Waals surface area (Å²) < 4.78 is 27.8. The first-order valence-electron chi connectivity index (χ1n) is 6.91. The Labute approximate surface area is 133 Å². The lowest BCUT2D eigenvalue weighted by Crippen LogP contribution is -2.41. The molecule has 0 saturated heterocycles. The predicted octanol–water partition coefficient (Wildman–Crippen LogP) is 1.14. The van der Waals surface area contributed by atoms with Gasteiger partial charge in [0.15, 0.2) is 0 Å². The monoisotopic (exact) mass is 338 g/mol. The molecule has 124 valence electrons. The second-order valence-corrected chi connectivity index (χ2v) is 7.63. The Morgan fingerprint density at radius 1 is 1.35 bits per heavy atom. The van der Waals surface area contributed by atoms with Gasteiger partial charge < -0.3 is 14.3 Å². The van der Waals surface area contributed by atoms with Crippen LogP contribution in [0.3, 0.4) is 0 Å². The topological polar surface area (TPSA) is 100 Å². The van der Waals surface area contributed by atoms with E-state index < -0.39 is 27.3 Å². The van der Waals surface area contributed by atoms with Crippen molar-refractivity contribution in [1.29, 1.82) is 0 Å². The fraction of sp³-hybridized carbons (Fsp3) is 0.333. The van der Waals surface area contributed by atoms with Gasteiger partial charge in [0.2, 0.25) is 0 Å². The lowest BCUT2D eigenvalue weighted by molar-refractivity contribution is 0.0755. The van der Waals surface area contributed by atoms with Crippen LogP contribution in [0.2, 0.25) is 0 Å². The highest BCUT2D eigenvalue weighted by Gasteiger charge is 2.23. The highest BCUT2D eigenvalue weighted by molar-refractivity contribution is 7.90. The molecule has 0 aromatic carbocycles. The van der Waals surface area contributed by atoms with Crippen LogP contribution in [0.5, 0.6) is 0 Å². The SMILES string of the molecule is C[C@@H](CS(C)(=O)=O)N(C)C(=O)c1ccc(-c2ccco2)[nH]c1=O. The van der Waals surface area contributed by atoms with Crippen LogP contribution in [-0.2, 0) is 9.84 Å². The van der Waals surface area contributed by atoms with E-state index in [4.69, 9.17) is 4.42 Å². The fourth-order valence-electron chi connectivity index (χ4n) is 2.16. The molecule has 0 aliphatic heterocycles. The normalized spacial score (nSPS) is 12.8. The summed E-state index contributed by atoms with van der Waals surface area (Å²) in [7, 11) is -1.75. The lowest BCUT2D eigenvalue weighted by Gasteiger charge is -2.24. The van der Waals surface area contributed by atoms with Gasteiger partial charge in [-0.3, -0.25) is 9.59 Å². The van der Waals surface area contributed by atoms with Crippen LogP contribution >= 0.6 is 0 Å². The molecule has 0 radical (unpaired) electrons. The summed E-state index contributed by atoms with van der Waals surface area (Å²) in [6.45, 7) is 1.62. The van der Waals surface area contributed by atoms with Crippen LogP contribution in [0.4, 0.5) is 0 Å². The third-order valence-corrected chi connectivity index (χ3v) is 4.54. The molecule has 23 heavy (non-hydrogen) atoms. The predicted molar refractivity (Wildman–Crippen MR) is 86.0 cm³/mol. The number of amides is 1. The molecule has 7 nitrogen and oxygen atoms in total. The first-order chi connectivity index (χ1) is 10.7. The summed E-state index contributed by atoms with van der Waals surface area (Å²) in [6.07, 6.45) is 2.58. The Morgan fingerprint density at radius 2 is 2.04 bits per heavy atom. The number of rotatable bonds is 5. The van der Waals surface area contributed by atoms with Crippen molar-refractivity contribution in [2.75, 3.05) is 19.1 Å². The first-order valence-corrected chi connectivity index (χ1v) is 8.97. The number of hydrogen-bond acceptors (Lipinski definition) is 5. The van der Waals surface area contributed by atoms with E-state index >= 15 is 0 Å². The zero-order valence-corrected chi connectivity index (χ0v) is 13.9. The quantitative estimate of drug-likeness (QED) is 0.881. The molecule has 1 amide bonds. The zero-order valence-electron chi connectivity index (χ0n) is 13.1. The van der Waals surface area contributed by atoms with E-state index in [1.54, 1.807) is 25.1 Å². The molecule has 0 aliphatic rings. The molecule has 1 N–H and O–H groups in total. The number of sulfone groups is 1. The van der Waals surface area contributed by atoms with Crippen molar-refractivity contribution < 1.29 is 17.6 Å². The van der Waals surface area contributed by atoms with Gasteiger partial charge in [-0.1, -0.05) is 0 Å². The molecule has 0 aliphatic carbocycles. The van der Waals surface area contributed by atoms with Gasteiger partial charge in [0.05, 0.1) is 17.7 Å². The summed E-state index contributed by atoms with van der Waals surface area (Å²) in [6, 6.07) is 5.81. The third kappa shape index (κ3) is 4.10. The molecule has 8 heteroatoms. The second-order valence-electron chi connectivity index (χ2n) is 5.45. The minimum Gasteiger partial charge on any atom is -0.463 e. The van der Waals surface area contributed by atoms with E-state index in [0.717, 1.165) is 6.26 Å². The number of pyridine rings is 1. The number of furan rings is 1. The number of carbonyl (C=O) groups excluding carboxylic acids is 1. The molecular weight excluding hydrogens is 320 g/mol. The van der Waals surface area contributed by atoms with Gasteiger partial charge in [0.25, 0.3) is 11.5 Å². The molecule has 2 heterocycles. The number of carbonyl (C=O) groups is 1. The first kappa shape index (κ1) is 17.0. The Morgan fingerprint density at radius 3 is 2.57 bits per heavy atom. The van der Waals surface area contributed by atoms with Crippen molar-refractivity contribution in [2.45, 2.75) is 13.0 Å². The van der Waals surface area contributed by atoms with Crippen LogP contribution in [0.15, 0.2) is 39.7 Å². The smallest absolute Gasteiger partial charge is 0.261 e. The van der Waals surface area contributed by atoms with Gasteiger partial charge in [-0.25, -0.2) is 8.42 Å². The average Bonchev–Trinajstić information content (AvgIpc) is 2.98. The summed E-state index contributed by atoms with van der Waals surface area (Å²) in [5.41, 5.74) is -0.145. The maximum atomic E-state index is 12.4. The Kier molecular flexibility index (Phi) is 4.74. The third-order valence-electron chi connectivity index (χ3n) is 3.45. The van der Waals surface area contributed by atoms with Crippen LogP contribution in [-0.4, -0.2) is 49.3 Å². The van der Waals surface area contributed by atoms with E-state index in [-0.39, 0.29) is 11.3 Å². The highest BCUT2D eigenvalue weighted by atomic mass is 32.2. The van der Waals surface area contributed by atoms with Gasteiger partial charge in [0, 0.05) is 19.3 Å². The molecule has 0 spiro atoms. The number of nitrogens with zero attached hydrogens (tertiary/aromatic N) is 1. The summed E-state index contributed by atoms with van der Waals surface area (Å²) >= 11 is 0. The maximum Gasteiger partial charge on any atom is 0.261 e. The fourth-order valence-corrected chi connectivity index (χ4v) is 3.26. The number of hydrogen-bond donors (Lipinski definition) is 1. The van der Waals surface area contributed by atoms with E-state index in [1.807, 2.05) is 0 Å². The molecular formula is C15H18N2O5S. The van der Waals surface area contributed by atoms with Gasteiger partial charge in [-0.15, -0.1) is 0 Å². The van der Waals surface area contributed by atoms with Gasteiger partial charge in [-0.05, 0) is 31.2 Å². The van der Waals surface area contributed by atoms with Crippen LogP contribution in [0.1, 0.15) is 17.3 Å². The number of H-pyrrole nitrogens is 1. The van der Waals surface area contributed by atoms with Crippen LogP contribution < -0.4 is 5.56 Å². The largest absolute Gasteiger partial charge is 0.463 e. The van der Waals surface area contributed by atoms with E-state index in [0.29, 0.717) is 11.5 Å². The minimum atomic E-state index is -3.22. The maximum absolute atomic E-state index is 12.4. The van der Waals surface area contributed by atoms with Crippen molar-refractivity contribution in [2.24, 2.45) is 0 Å². The summed E-state index contributed by atoms with van der Waals surface area (Å²) in [5.74, 6) is -0.217. The standard InChI is InChI=1S/C15H18N2O5S/c1-10(9-23(3,20)21)17(2)15(19)11-6-7-12(16-14(11)18)13-5-4-8-22-13/h4-8,10H,9H2,1-3H3,(H,16,18)/t10-/m0/s1. The Balaban J connectivity index is 2.24. The molecule has 0 bridgehead atoms. The van der Waals surface area contributed by atoms with Gasteiger partial charge in [0.1, 0.15) is 21.2 Å². The zero-order chi connectivity index (χ0) is 17.2. The van der Waals surface area contributed by atoms with Crippen molar-refractivity contribution >= 4 is 15.7 Å².